The third-order valence-corrected chi connectivity index (χ3v) is 2.84. The van der Waals surface area contributed by atoms with Crippen molar-refractivity contribution in [3.05, 3.63) is 39.9 Å². The Morgan fingerprint density at radius 1 is 1.30 bits per heavy atom. The first kappa shape index (κ1) is 16.5. The summed E-state index contributed by atoms with van der Waals surface area (Å²) in [5.74, 6) is -0.989. The van der Waals surface area contributed by atoms with Crippen LogP contribution in [0.2, 0.25) is 10.0 Å². The van der Waals surface area contributed by atoms with E-state index in [4.69, 9.17) is 27.9 Å². The molecule has 1 N–H and O–H groups in total. The average molecular weight is 316 g/mol. The third-order valence-electron chi connectivity index (χ3n) is 2.18. The van der Waals surface area contributed by atoms with Crippen LogP contribution >= 0.6 is 23.2 Å². The van der Waals surface area contributed by atoms with Crippen molar-refractivity contribution in [2.75, 3.05) is 6.61 Å². The maximum atomic E-state index is 11.5. The number of amides is 1. The van der Waals surface area contributed by atoms with Gasteiger partial charge in [-0.05, 0) is 32.1 Å². The molecular formula is C14H15Cl2NO3. The zero-order valence-corrected chi connectivity index (χ0v) is 12.7. The van der Waals surface area contributed by atoms with Crippen molar-refractivity contribution < 1.29 is 14.3 Å². The minimum atomic E-state index is -0.639. The molecule has 0 fully saturated rings. The van der Waals surface area contributed by atoms with Crippen LogP contribution in [0.4, 0.5) is 0 Å². The van der Waals surface area contributed by atoms with Crippen LogP contribution < -0.4 is 5.32 Å². The fraction of sp³-hybridized carbons (Fsp3) is 0.286. The van der Waals surface area contributed by atoms with Crippen LogP contribution in [0.1, 0.15) is 19.4 Å². The first-order valence-corrected chi connectivity index (χ1v) is 6.74. The second kappa shape index (κ2) is 7.92. The molecule has 6 heteroatoms. The highest BCUT2D eigenvalue weighted by atomic mass is 35.5. The number of hydrogen-bond acceptors (Lipinski definition) is 3. The fourth-order valence-corrected chi connectivity index (χ4v) is 1.89. The molecule has 1 aromatic rings. The van der Waals surface area contributed by atoms with Gasteiger partial charge in [0.15, 0.2) is 6.61 Å². The van der Waals surface area contributed by atoms with E-state index in [1.807, 2.05) is 13.8 Å². The van der Waals surface area contributed by atoms with Crippen molar-refractivity contribution in [3.63, 3.8) is 0 Å². The summed E-state index contributed by atoms with van der Waals surface area (Å²) in [4.78, 5) is 22.7. The van der Waals surface area contributed by atoms with Crippen LogP contribution in [-0.2, 0) is 14.3 Å². The quantitative estimate of drug-likeness (QED) is 0.671. The Morgan fingerprint density at radius 2 is 1.90 bits per heavy atom. The summed E-state index contributed by atoms with van der Waals surface area (Å²) in [7, 11) is 0. The molecule has 0 aliphatic heterocycles. The Kier molecular flexibility index (Phi) is 6.55. The SMILES string of the molecule is CC(C)NC(=O)COC(=O)/C=C/c1c(Cl)cccc1Cl. The van der Waals surface area contributed by atoms with Gasteiger partial charge < -0.3 is 10.1 Å². The Labute approximate surface area is 127 Å². The summed E-state index contributed by atoms with van der Waals surface area (Å²) >= 11 is 11.9. The molecule has 4 nitrogen and oxygen atoms in total. The van der Waals surface area contributed by atoms with Crippen molar-refractivity contribution in [2.24, 2.45) is 0 Å². The Hall–Kier alpha value is -1.52. The molecule has 0 saturated heterocycles. The molecule has 0 spiro atoms. The lowest BCUT2D eigenvalue weighted by Crippen LogP contribution is -2.33. The fourth-order valence-electron chi connectivity index (χ4n) is 1.37. The lowest BCUT2D eigenvalue weighted by Gasteiger charge is -2.07. The smallest absolute Gasteiger partial charge is 0.331 e. The molecule has 1 rings (SSSR count). The first-order valence-electron chi connectivity index (χ1n) is 5.98. The molecule has 0 atom stereocenters. The summed E-state index contributed by atoms with van der Waals surface area (Å²) in [6.07, 6.45) is 2.63. The normalized spacial score (nSPS) is 10.8. The van der Waals surface area contributed by atoms with Gasteiger partial charge in [0, 0.05) is 27.7 Å². The highest BCUT2D eigenvalue weighted by Gasteiger charge is 2.07. The molecule has 0 aliphatic rings. The van der Waals surface area contributed by atoms with E-state index in [0.717, 1.165) is 0 Å². The van der Waals surface area contributed by atoms with Crippen molar-refractivity contribution in [1.82, 2.24) is 5.32 Å². The van der Waals surface area contributed by atoms with Crippen molar-refractivity contribution >= 4 is 41.2 Å². The standard InChI is InChI=1S/C14H15Cl2NO3/c1-9(2)17-13(18)8-20-14(19)7-6-10-11(15)4-3-5-12(10)16/h3-7,9H,8H2,1-2H3,(H,17,18)/b7-6+. The second-order valence-corrected chi connectivity index (χ2v) is 5.11. The van der Waals surface area contributed by atoms with Gasteiger partial charge in [-0.25, -0.2) is 4.79 Å². The minimum Gasteiger partial charge on any atom is -0.452 e. The van der Waals surface area contributed by atoms with Crippen LogP contribution in [0.15, 0.2) is 24.3 Å². The Balaban J connectivity index is 2.54. The monoisotopic (exact) mass is 315 g/mol. The third kappa shape index (κ3) is 5.63. The number of carbonyl (C=O) groups is 2. The number of carbonyl (C=O) groups excluding carboxylic acids is 2. The molecule has 20 heavy (non-hydrogen) atoms. The number of hydrogen-bond donors (Lipinski definition) is 1. The molecule has 0 heterocycles. The van der Waals surface area contributed by atoms with E-state index in [0.29, 0.717) is 15.6 Å². The van der Waals surface area contributed by atoms with Crippen LogP contribution in [0.3, 0.4) is 0 Å². The second-order valence-electron chi connectivity index (χ2n) is 4.30. The van der Waals surface area contributed by atoms with Gasteiger partial charge in [0.1, 0.15) is 0 Å². The molecule has 1 amide bonds. The van der Waals surface area contributed by atoms with E-state index in [1.165, 1.54) is 12.2 Å². The lowest BCUT2D eigenvalue weighted by atomic mass is 10.2. The van der Waals surface area contributed by atoms with Crippen LogP contribution in [0.25, 0.3) is 6.08 Å². The molecular weight excluding hydrogens is 301 g/mol. The number of nitrogens with one attached hydrogen (secondary N) is 1. The summed E-state index contributed by atoms with van der Waals surface area (Å²) in [5.41, 5.74) is 0.527. The number of esters is 1. The van der Waals surface area contributed by atoms with Gasteiger partial charge in [-0.3, -0.25) is 4.79 Å². The predicted molar refractivity (Wildman–Crippen MR) is 79.7 cm³/mol. The lowest BCUT2D eigenvalue weighted by molar-refractivity contribution is -0.143. The number of benzene rings is 1. The van der Waals surface area contributed by atoms with Crippen LogP contribution in [0.5, 0.6) is 0 Å². The highest BCUT2D eigenvalue weighted by Crippen LogP contribution is 2.25. The number of rotatable bonds is 5. The molecule has 0 saturated carbocycles. The molecule has 0 bridgehead atoms. The minimum absolute atomic E-state index is 0.00123. The van der Waals surface area contributed by atoms with Crippen LogP contribution in [-0.4, -0.2) is 24.5 Å². The van der Waals surface area contributed by atoms with Gasteiger partial charge in [0.25, 0.3) is 5.91 Å². The van der Waals surface area contributed by atoms with E-state index in [9.17, 15) is 9.59 Å². The molecule has 0 radical (unpaired) electrons. The van der Waals surface area contributed by atoms with E-state index in [-0.39, 0.29) is 18.6 Å². The van der Waals surface area contributed by atoms with Crippen molar-refractivity contribution in [1.29, 1.82) is 0 Å². The van der Waals surface area contributed by atoms with Gasteiger partial charge in [0.05, 0.1) is 0 Å². The molecule has 108 valence electrons. The van der Waals surface area contributed by atoms with Gasteiger partial charge in [0.2, 0.25) is 0 Å². The van der Waals surface area contributed by atoms with Crippen molar-refractivity contribution in [2.45, 2.75) is 19.9 Å². The first-order chi connectivity index (χ1) is 9.40. The zero-order valence-electron chi connectivity index (χ0n) is 11.2. The average Bonchev–Trinajstić information content (AvgIpc) is 2.35. The summed E-state index contributed by atoms with van der Waals surface area (Å²) in [6, 6.07) is 5.03. The predicted octanol–water partition coefficient (Wildman–Crippen LogP) is 3.07. The Morgan fingerprint density at radius 3 is 2.45 bits per heavy atom. The van der Waals surface area contributed by atoms with Gasteiger partial charge in [-0.2, -0.15) is 0 Å². The van der Waals surface area contributed by atoms with Gasteiger partial charge >= 0.3 is 5.97 Å². The topological polar surface area (TPSA) is 55.4 Å². The maximum Gasteiger partial charge on any atom is 0.331 e. The van der Waals surface area contributed by atoms with Gasteiger partial charge in [-0.1, -0.05) is 29.3 Å². The largest absolute Gasteiger partial charge is 0.452 e. The van der Waals surface area contributed by atoms with E-state index in [1.54, 1.807) is 18.2 Å². The van der Waals surface area contributed by atoms with E-state index in [2.05, 4.69) is 5.32 Å². The van der Waals surface area contributed by atoms with E-state index < -0.39 is 5.97 Å². The number of halogens is 2. The maximum absolute atomic E-state index is 11.5. The molecule has 1 aromatic carbocycles. The molecule has 0 aliphatic carbocycles. The number of ether oxygens (including phenoxy) is 1. The highest BCUT2D eigenvalue weighted by molar-refractivity contribution is 6.37. The molecule has 0 unspecified atom stereocenters. The van der Waals surface area contributed by atoms with Crippen LogP contribution in [0, 0.1) is 0 Å². The van der Waals surface area contributed by atoms with Crippen molar-refractivity contribution in [3.8, 4) is 0 Å². The summed E-state index contributed by atoms with van der Waals surface area (Å²) in [6.45, 7) is 3.32. The Bertz CT molecular complexity index is 507. The zero-order chi connectivity index (χ0) is 15.1. The van der Waals surface area contributed by atoms with E-state index >= 15 is 0 Å². The summed E-state index contributed by atoms with van der Waals surface area (Å²) in [5, 5.41) is 3.47. The molecule has 0 aromatic heterocycles. The van der Waals surface area contributed by atoms with Gasteiger partial charge in [-0.15, -0.1) is 0 Å². The summed E-state index contributed by atoms with van der Waals surface area (Å²) < 4.78 is 4.78.